The normalized spacial score (nSPS) is 13.3. The van der Waals surface area contributed by atoms with Crippen molar-refractivity contribution in [3.63, 3.8) is 0 Å². The summed E-state index contributed by atoms with van der Waals surface area (Å²) in [6, 6.07) is 5.33. The van der Waals surface area contributed by atoms with Gasteiger partial charge in [-0.1, -0.05) is 6.42 Å². The summed E-state index contributed by atoms with van der Waals surface area (Å²) in [6.07, 6.45) is 4.64. The molecule has 166 valence electrons. The van der Waals surface area contributed by atoms with Crippen LogP contribution in [0.15, 0.2) is 28.7 Å². The number of hydrogen-bond donors (Lipinski definition) is 2. The summed E-state index contributed by atoms with van der Waals surface area (Å²) >= 11 is 1.35. The van der Waals surface area contributed by atoms with Crippen LogP contribution in [-0.4, -0.2) is 23.4 Å². The van der Waals surface area contributed by atoms with Crippen molar-refractivity contribution in [1.29, 1.82) is 5.41 Å². The summed E-state index contributed by atoms with van der Waals surface area (Å²) in [6.45, 7) is 1.94. The number of carbonyl (C=O) groups excluding carboxylic acids is 2. The molecule has 32 heavy (non-hydrogen) atoms. The number of rotatable bonds is 5. The minimum Gasteiger partial charge on any atom is -0.462 e. The Morgan fingerprint density at radius 1 is 1.25 bits per heavy atom. The van der Waals surface area contributed by atoms with E-state index in [9.17, 15) is 19.7 Å². The van der Waals surface area contributed by atoms with Gasteiger partial charge in [-0.05, 0) is 50.3 Å². The number of nitrogens with one attached hydrogen (secondary N) is 2. The quantitative estimate of drug-likeness (QED) is 0.250. The maximum Gasteiger partial charge on any atom is 0.341 e. The molecule has 2 aromatic heterocycles. The molecule has 1 aliphatic carbocycles. The first-order valence-corrected chi connectivity index (χ1v) is 11.1. The number of fused-ring (bicyclic) bond motifs is 2. The summed E-state index contributed by atoms with van der Waals surface area (Å²) in [5, 5.41) is 22.6. The van der Waals surface area contributed by atoms with Crippen molar-refractivity contribution in [2.75, 3.05) is 11.9 Å². The Labute approximate surface area is 186 Å². The largest absolute Gasteiger partial charge is 0.462 e. The number of nitrogens with zero attached hydrogens (tertiary/aromatic N) is 1. The third-order valence-electron chi connectivity index (χ3n) is 5.33. The lowest BCUT2D eigenvalue weighted by molar-refractivity contribution is -0.384. The Balaban J connectivity index is 1.73. The van der Waals surface area contributed by atoms with Crippen molar-refractivity contribution < 1.29 is 23.7 Å². The lowest BCUT2D eigenvalue weighted by Crippen LogP contribution is -2.21. The number of nitro groups is 1. The summed E-state index contributed by atoms with van der Waals surface area (Å²) < 4.78 is 10.6. The second-order valence-electron chi connectivity index (χ2n) is 7.41. The van der Waals surface area contributed by atoms with Gasteiger partial charge in [0.15, 0.2) is 0 Å². The van der Waals surface area contributed by atoms with E-state index >= 15 is 0 Å². The van der Waals surface area contributed by atoms with Crippen LogP contribution in [0.1, 0.15) is 57.3 Å². The van der Waals surface area contributed by atoms with Crippen LogP contribution >= 0.6 is 11.3 Å². The molecule has 10 heteroatoms. The number of hydrogen-bond acceptors (Lipinski definition) is 8. The monoisotopic (exact) mass is 455 g/mol. The minimum atomic E-state index is -0.630. The molecule has 4 rings (SSSR count). The van der Waals surface area contributed by atoms with E-state index in [1.807, 2.05) is 0 Å². The topological polar surface area (TPSA) is 136 Å². The first-order chi connectivity index (χ1) is 15.4. The Bertz CT molecular complexity index is 1290. The van der Waals surface area contributed by atoms with Crippen molar-refractivity contribution in [2.24, 2.45) is 0 Å². The molecule has 0 radical (unpaired) electrons. The molecule has 0 aliphatic heterocycles. The van der Waals surface area contributed by atoms with Crippen LogP contribution in [0.4, 0.5) is 10.7 Å². The first kappa shape index (κ1) is 21.7. The predicted molar refractivity (Wildman–Crippen MR) is 118 cm³/mol. The molecule has 0 atom stereocenters. The summed E-state index contributed by atoms with van der Waals surface area (Å²) in [5.41, 5.74) is 0.944. The van der Waals surface area contributed by atoms with E-state index in [4.69, 9.17) is 14.6 Å². The highest BCUT2D eigenvalue weighted by molar-refractivity contribution is 7.17. The second-order valence-corrected chi connectivity index (χ2v) is 8.52. The van der Waals surface area contributed by atoms with Gasteiger partial charge in [0.25, 0.3) is 11.6 Å². The van der Waals surface area contributed by atoms with Crippen LogP contribution in [-0.2, 0) is 17.6 Å². The molecule has 0 fully saturated rings. The van der Waals surface area contributed by atoms with Gasteiger partial charge in [-0.15, -0.1) is 11.3 Å². The Kier molecular flexibility index (Phi) is 6.04. The van der Waals surface area contributed by atoms with Gasteiger partial charge < -0.3 is 14.5 Å². The van der Waals surface area contributed by atoms with Crippen LogP contribution in [0.3, 0.4) is 0 Å². The van der Waals surface area contributed by atoms with Gasteiger partial charge in [0.2, 0.25) is 5.55 Å². The maximum atomic E-state index is 13.0. The minimum absolute atomic E-state index is 0.0867. The molecule has 2 heterocycles. The van der Waals surface area contributed by atoms with E-state index in [2.05, 4.69) is 5.32 Å². The van der Waals surface area contributed by atoms with Crippen LogP contribution < -0.4 is 10.9 Å². The molecule has 3 aromatic rings. The van der Waals surface area contributed by atoms with Crippen LogP contribution in [0.25, 0.3) is 11.0 Å². The smallest absolute Gasteiger partial charge is 0.341 e. The number of aryl methyl sites for hydroxylation is 1. The highest BCUT2D eigenvalue weighted by Gasteiger charge is 2.27. The number of thiophene rings is 1. The SMILES string of the molecule is CCOC(=O)c1c(NC(=O)c2cc3cc([N+](=O)[O-])ccc3oc2=N)sc2c1CCCCC2. The fraction of sp³-hybridized carbons (Fsp3) is 0.318. The number of anilines is 1. The Morgan fingerprint density at radius 3 is 2.78 bits per heavy atom. The summed E-state index contributed by atoms with van der Waals surface area (Å²) in [5.74, 6) is -1.11. The fourth-order valence-electron chi connectivity index (χ4n) is 3.83. The zero-order chi connectivity index (χ0) is 22.8. The molecular weight excluding hydrogens is 434 g/mol. The number of ether oxygens (including phenoxy) is 1. The Morgan fingerprint density at radius 2 is 2.03 bits per heavy atom. The second kappa shape index (κ2) is 8.91. The lowest BCUT2D eigenvalue weighted by atomic mass is 10.1. The first-order valence-electron chi connectivity index (χ1n) is 10.3. The number of carbonyl (C=O) groups is 2. The van der Waals surface area contributed by atoms with Crippen molar-refractivity contribution in [1.82, 2.24) is 0 Å². The zero-order valence-electron chi connectivity index (χ0n) is 17.4. The van der Waals surface area contributed by atoms with Gasteiger partial charge in [-0.25, -0.2) is 4.79 Å². The number of non-ortho nitro benzene ring substituents is 1. The zero-order valence-corrected chi connectivity index (χ0v) is 18.2. The molecule has 1 aliphatic rings. The van der Waals surface area contributed by atoms with Gasteiger partial charge in [0, 0.05) is 22.4 Å². The molecule has 0 saturated carbocycles. The molecular formula is C22H21N3O6S. The van der Waals surface area contributed by atoms with E-state index in [0.717, 1.165) is 42.5 Å². The van der Waals surface area contributed by atoms with E-state index in [1.165, 1.54) is 35.6 Å². The van der Waals surface area contributed by atoms with E-state index in [0.29, 0.717) is 16.0 Å². The van der Waals surface area contributed by atoms with Gasteiger partial charge in [0.05, 0.1) is 17.1 Å². The van der Waals surface area contributed by atoms with Gasteiger partial charge in [0.1, 0.15) is 16.1 Å². The lowest BCUT2D eigenvalue weighted by Gasteiger charge is -2.09. The predicted octanol–water partition coefficient (Wildman–Crippen LogP) is 4.58. The molecule has 0 spiro atoms. The summed E-state index contributed by atoms with van der Waals surface area (Å²) in [4.78, 5) is 37.3. The van der Waals surface area contributed by atoms with Crippen molar-refractivity contribution >= 4 is 44.9 Å². The van der Waals surface area contributed by atoms with Gasteiger partial charge >= 0.3 is 5.97 Å². The maximum absolute atomic E-state index is 13.0. The fourth-order valence-corrected chi connectivity index (χ4v) is 5.10. The highest BCUT2D eigenvalue weighted by atomic mass is 32.1. The van der Waals surface area contributed by atoms with Crippen LogP contribution in [0.2, 0.25) is 0 Å². The highest BCUT2D eigenvalue weighted by Crippen LogP contribution is 2.38. The van der Waals surface area contributed by atoms with Crippen molar-refractivity contribution in [2.45, 2.75) is 39.0 Å². The van der Waals surface area contributed by atoms with Crippen molar-refractivity contribution in [3.05, 3.63) is 61.5 Å². The van der Waals surface area contributed by atoms with Crippen LogP contribution in [0.5, 0.6) is 0 Å². The number of amides is 1. The van der Waals surface area contributed by atoms with E-state index < -0.39 is 16.8 Å². The molecule has 0 bridgehead atoms. The molecule has 0 unspecified atom stereocenters. The van der Waals surface area contributed by atoms with Crippen molar-refractivity contribution in [3.8, 4) is 0 Å². The van der Waals surface area contributed by atoms with Gasteiger partial charge in [-0.3, -0.25) is 20.3 Å². The standard InChI is InChI=1S/C22H21N3O6S/c1-2-30-22(27)18-14-6-4-3-5-7-17(14)32-21(18)24-20(26)15-11-12-10-13(25(28)29)8-9-16(12)31-19(15)23/h8-11,23H,2-7H2,1H3,(H,24,26). The third-order valence-corrected chi connectivity index (χ3v) is 6.54. The molecule has 9 nitrogen and oxygen atoms in total. The summed E-state index contributed by atoms with van der Waals surface area (Å²) in [7, 11) is 0. The number of esters is 1. The third kappa shape index (κ3) is 4.13. The van der Waals surface area contributed by atoms with Crippen LogP contribution in [0, 0.1) is 15.5 Å². The molecule has 1 aromatic carbocycles. The molecule has 1 amide bonds. The molecule has 2 N–H and O–H groups in total. The van der Waals surface area contributed by atoms with E-state index in [1.54, 1.807) is 6.92 Å². The number of nitro benzene ring substituents is 1. The van der Waals surface area contributed by atoms with Gasteiger partial charge in [-0.2, -0.15) is 0 Å². The van der Waals surface area contributed by atoms with E-state index in [-0.39, 0.29) is 29.0 Å². The average Bonchev–Trinajstić information content (AvgIpc) is 2.93. The molecule has 0 saturated heterocycles. The average molecular weight is 455 g/mol. The Hall–Kier alpha value is -3.53. The number of benzene rings is 1.